The fourth-order valence-electron chi connectivity index (χ4n) is 5.16. The largest absolute Gasteiger partial charge is 0.349 e. The third kappa shape index (κ3) is 2.25. The van der Waals surface area contributed by atoms with Crippen molar-refractivity contribution in [2.45, 2.75) is 53.0 Å². The molecule has 2 saturated carbocycles. The lowest BCUT2D eigenvalue weighted by Crippen LogP contribution is -2.46. The second-order valence-corrected chi connectivity index (χ2v) is 8.64. The van der Waals surface area contributed by atoms with Crippen LogP contribution in [0, 0.1) is 29.5 Å². The molecule has 1 aromatic heterocycles. The molecular formula is C21H26FN3O. The van der Waals surface area contributed by atoms with Crippen molar-refractivity contribution in [2.24, 2.45) is 16.7 Å². The SMILES string of the molecule is Cc1c(C(=O)NC2CC3CCC2(C)C3(C)C)cnn1-c1ccccc1F. The Morgan fingerprint density at radius 3 is 2.65 bits per heavy atom. The number of rotatable bonds is 3. The fourth-order valence-corrected chi connectivity index (χ4v) is 5.16. The maximum atomic E-state index is 14.1. The van der Waals surface area contributed by atoms with Crippen LogP contribution in [0.15, 0.2) is 30.5 Å². The number of nitrogens with zero attached hydrogens (tertiary/aromatic N) is 2. The predicted molar refractivity (Wildman–Crippen MR) is 98.7 cm³/mol. The summed E-state index contributed by atoms with van der Waals surface area (Å²) in [7, 11) is 0. The molecule has 5 heteroatoms. The van der Waals surface area contributed by atoms with Crippen molar-refractivity contribution in [1.29, 1.82) is 0 Å². The molecule has 26 heavy (non-hydrogen) atoms. The molecule has 2 fully saturated rings. The average molecular weight is 355 g/mol. The van der Waals surface area contributed by atoms with Gasteiger partial charge in [-0.15, -0.1) is 0 Å². The maximum Gasteiger partial charge on any atom is 0.254 e. The van der Waals surface area contributed by atoms with E-state index in [-0.39, 0.29) is 28.6 Å². The molecule has 0 radical (unpaired) electrons. The molecule has 0 saturated heterocycles. The van der Waals surface area contributed by atoms with E-state index >= 15 is 0 Å². The molecule has 1 N–H and O–H groups in total. The van der Waals surface area contributed by atoms with Gasteiger partial charge in [0.2, 0.25) is 0 Å². The number of amides is 1. The number of aromatic nitrogens is 2. The lowest BCUT2D eigenvalue weighted by Gasteiger charge is -2.39. The molecule has 4 nitrogen and oxygen atoms in total. The highest BCUT2D eigenvalue weighted by atomic mass is 19.1. The third-order valence-electron chi connectivity index (χ3n) is 7.43. The number of carbonyl (C=O) groups is 1. The minimum atomic E-state index is -0.354. The van der Waals surface area contributed by atoms with Crippen molar-refractivity contribution in [3.63, 3.8) is 0 Å². The van der Waals surface area contributed by atoms with E-state index in [1.54, 1.807) is 25.1 Å². The lowest BCUT2D eigenvalue weighted by atomic mass is 9.69. The van der Waals surface area contributed by atoms with Gasteiger partial charge in [0.25, 0.3) is 5.91 Å². The van der Waals surface area contributed by atoms with Crippen LogP contribution in [-0.4, -0.2) is 21.7 Å². The summed E-state index contributed by atoms with van der Waals surface area (Å²) < 4.78 is 15.6. The summed E-state index contributed by atoms with van der Waals surface area (Å²) in [4.78, 5) is 12.9. The van der Waals surface area contributed by atoms with Crippen molar-refractivity contribution in [3.05, 3.63) is 47.5 Å². The zero-order chi connectivity index (χ0) is 18.7. The number of para-hydroxylation sites is 1. The number of hydrogen-bond acceptors (Lipinski definition) is 2. The number of nitrogens with one attached hydrogen (secondary N) is 1. The van der Waals surface area contributed by atoms with E-state index < -0.39 is 0 Å². The first kappa shape index (κ1) is 17.3. The molecule has 4 rings (SSSR count). The van der Waals surface area contributed by atoms with Gasteiger partial charge in [-0.25, -0.2) is 9.07 Å². The van der Waals surface area contributed by atoms with Gasteiger partial charge in [-0.1, -0.05) is 32.9 Å². The Hall–Kier alpha value is -2.17. The van der Waals surface area contributed by atoms with Crippen LogP contribution >= 0.6 is 0 Å². The highest BCUT2D eigenvalue weighted by Crippen LogP contribution is 2.65. The molecule has 2 aliphatic rings. The number of carbonyl (C=O) groups excluding carboxylic acids is 1. The van der Waals surface area contributed by atoms with Crippen molar-refractivity contribution in [2.75, 3.05) is 0 Å². The van der Waals surface area contributed by atoms with Crippen molar-refractivity contribution < 1.29 is 9.18 Å². The zero-order valence-electron chi connectivity index (χ0n) is 15.8. The van der Waals surface area contributed by atoms with Crippen LogP contribution in [0.2, 0.25) is 0 Å². The van der Waals surface area contributed by atoms with Crippen LogP contribution in [0.4, 0.5) is 4.39 Å². The molecule has 2 aliphatic carbocycles. The Morgan fingerprint density at radius 2 is 2.04 bits per heavy atom. The third-order valence-corrected chi connectivity index (χ3v) is 7.43. The molecule has 1 amide bonds. The van der Waals surface area contributed by atoms with E-state index in [9.17, 15) is 9.18 Å². The quantitative estimate of drug-likeness (QED) is 0.894. The minimum Gasteiger partial charge on any atom is -0.349 e. The van der Waals surface area contributed by atoms with Gasteiger partial charge in [-0.05, 0) is 55.1 Å². The van der Waals surface area contributed by atoms with E-state index in [0.717, 1.165) is 12.8 Å². The molecule has 0 aliphatic heterocycles. The van der Waals surface area contributed by atoms with Gasteiger partial charge in [0, 0.05) is 6.04 Å². The summed E-state index contributed by atoms with van der Waals surface area (Å²) in [6, 6.07) is 6.64. The summed E-state index contributed by atoms with van der Waals surface area (Å²) in [5.41, 5.74) is 1.90. The van der Waals surface area contributed by atoms with Crippen molar-refractivity contribution >= 4 is 5.91 Å². The summed E-state index contributed by atoms with van der Waals surface area (Å²) in [5.74, 6) is 0.202. The van der Waals surface area contributed by atoms with Gasteiger partial charge in [0.05, 0.1) is 17.5 Å². The van der Waals surface area contributed by atoms with Crippen LogP contribution in [0.25, 0.3) is 5.69 Å². The first-order valence-electron chi connectivity index (χ1n) is 9.36. The highest BCUT2D eigenvalue weighted by molar-refractivity contribution is 5.95. The van der Waals surface area contributed by atoms with Gasteiger partial charge in [0.15, 0.2) is 0 Å². The van der Waals surface area contributed by atoms with Crippen LogP contribution in [-0.2, 0) is 0 Å². The topological polar surface area (TPSA) is 46.9 Å². The Balaban J connectivity index is 1.58. The predicted octanol–water partition coefficient (Wildman–Crippen LogP) is 4.26. The number of fused-ring (bicyclic) bond motifs is 2. The number of benzene rings is 1. The van der Waals surface area contributed by atoms with Gasteiger partial charge >= 0.3 is 0 Å². The first-order valence-corrected chi connectivity index (χ1v) is 9.36. The van der Waals surface area contributed by atoms with Crippen LogP contribution < -0.4 is 5.32 Å². The Kier molecular flexibility index (Phi) is 3.76. The van der Waals surface area contributed by atoms with Gasteiger partial charge in [-0.3, -0.25) is 4.79 Å². The number of hydrogen-bond donors (Lipinski definition) is 1. The summed E-state index contributed by atoms with van der Waals surface area (Å²) in [6.45, 7) is 8.78. The van der Waals surface area contributed by atoms with E-state index in [2.05, 4.69) is 31.2 Å². The molecule has 1 heterocycles. The fraction of sp³-hybridized carbons (Fsp3) is 0.524. The van der Waals surface area contributed by atoms with Gasteiger partial charge < -0.3 is 5.32 Å². The lowest BCUT2D eigenvalue weighted by molar-refractivity contribution is 0.0825. The summed E-state index contributed by atoms with van der Waals surface area (Å²) in [5, 5.41) is 7.51. The van der Waals surface area contributed by atoms with Crippen LogP contribution in [0.3, 0.4) is 0 Å². The average Bonchev–Trinajstić information content (AvgIpc) is 3.13. The van der Waals surface area contributed by atoms with E-state index in [1.807, 2.05) is 0 Å². The molecule has 1 aromatic carbocycles. The molecular weight excluding hydrogens is 329 g/mol. The van der Waals surface area contributed by atoms with Crippen LogP contribution in [0.5, 0.6) is 0 Å². The summed E-state index contributed by atoms with van der Waals surface area (Å²) in [6.07, 6.45) is 4.98. The number of halogens is 1. The standard InChI is InChI=1S/C21H26FN3O/c1-13-15(12-23-25(13)17-8-6-5-7-16(17)22)19(26)24-18-11-14-9-10-21(18,4)20(14,2)3/h5-8,12,14,18H,9-11H2,1-4H3,(H,24,26). The molecule has 0 spiro atoms. The molecule has 138 valence electrons. The van der Waals surface area contributed by atoms with Gasteiger partial charge in [-0.2, -0.15) is 5.10 Å². The Labute approximate surface area is 153 Å². The second-order valence-electron chi connectivity index (χ2n) is 8.64. The zero-order valence-corrected chi connectivity index (χ0v) is 15.8. The molecule has 2 aromatic rings. The summed E-state index contributed by atoms with van der Waals surface area (Å²) >= 11 is 0. The molecule has 2 bridgehead atoms. The van der Waals surface area contributed by atoms with Gasteiger partial charge in [0.1, 0.15) is 11.5 Å². The van der Waals surface area contributed by atoms with Crippen LogP contribution in [0.1, 0.15) is 56.1 Å². The van der Waals surface area contributed by atoms with E-state index in [1.165, 1.54) is 23.4 Å². The molecule has 3 unspecified atom stereocenters. The van der Waals surface area contributed by atoms with Crippen molar-refractivity contribution in [1.82, 2.24) is 15.1 Å². The highest BCUT2D eigenvalue weighted by Gasteiger charge is 2.61. The second kappa shape index (κ2) is 5.66. The Morgan fingerprint density at radius 1 is 1.31 bits per heavy atom. The first-order chi connectivity index (χ1) is 12.3. The minimum absolute atomic E-state index is 0.111. The van der Waals surface area contributed by atoms with Crippen molar-refractivity contribution in [3.8, 4) is 5.69 Å². The van der Waals surface area contributed by atoms with E-state index in [0.29, 0.717) is 22.9 Å². The Bertz CT molecular complexity index is 872. The smallest absolute Gasteiger partial charge is 0.254 e. The monoisotopic (exact) mass is 355 g/mol. The van der Waals surface area contributed by atoms with E-state index in [4.69, 9.17) is 0 Å². The molecule has 3 atom stereocenters. The normalized spacial score (nSPS) is 29.1. The maximum absolute atomic E-state index is 14.1.